The minimum atomic E-state index is -4.93. The number of piperazine rings is 1. The van der Waals surface area contributed by atoms with Crippen molar-refractivity contribution >= 4 is 21.8 Å². The highest BCUT2D eigenvalue weighted by Gasteiger charge is 2.41. The van der Waals surface area contributed by atoms with E-state index in [0.29, 0.717) is 5.56 Å². The summed E-state index contributed by atoms with van der Waals surface area (Å²) >= 11 is 0. The number of halogens is 3. The van der Waals surface area contributed by atoms with Crippen molar-refractivity contribution in [1.82, 2.24) is 14.5 Å². The standard InChI is InChI=1S/C22H24F3N3O6S/c1-15(29)27-12-13-28(35(32,33)18-8-6-17(7-9-18)34-22(23,24)25)19(14-27)21(31)26-11-10-16-4-2-3-5-20(16)30/h2-9,19,30H,10-14H2,1H3,(H,26,31)/t19-/m1/s1. The van der Waals surface area contributed by atoms with E-state index in [1.807, 2.05) is 0 Å². The Morgan fingerprint density at radius 2 is 1.77 bits per heavy atom. The van der Waals surface area contributed by atoms with E-state index in [4.69, 9.17) is 0 Å². The number of rotatable bonds is 7. The molecular formula is C22H24F3N3O6S. The van der Waals surface area contributed by atoms with Crippen molar-refractivity contribution in [2.75, 3.05) is 26.2 Å². The average Bonchev–Trinajstić information content (AvgIpc) is 2.79. The Hall–Kier alpha value is -3.32. The zero-order chi connectivity index (χ0) is 25.8. The molecule has 3 rings (SSSR count). The quantitative estimate of drug-likeness (QED) is 0.582. The fourth-order valence-corrected chi connectivity index (χ4v) is 5.23. The number of amides is 2. The van der Waals surface area contributed by atoms with Crippen LogP contribution in [0.1, 0.15) is 12.5 Å². The Morgan fingerprint density at radius 3 is 2.37 bits per heavy atom. The molecule has 1 heterocycles. The van der Waals surface area contributed by atoms with E-state index >= 15 is 0 Å². The van der Waals surface area contributed by atoms with Crippen LogP contribution in [0.3, 0.4) is 0 Å². The van der Waals surface area contributed by atoms with Crippen LogP contribution < -0.4 is 10.1 Å². The van der Waals surface area contributed by atoms with Crippen LogP contribution in [0.15, 0.2) is 53.4 Å². The number of sulfonamides is 1. The Labute approximate surface area is 200 Å². The number of carbonyl (C=O) groups is 2. The summed E-state index contributed by atoms with van der Waals surface area (Å²) < 4.78 is 68.4. The van der Waals surface area contributed by atoms with Gasteiger partial charge in [0.05, 0.1) is 4.90 Å². The van der Waals surface area contributed by atoms with Crippen LogP contribution in [0.25, 0.3) is 0 Å². The van der Waals surface area contributed by atoms with Gasteiger partial charge in [-0.1, -0.05) is 18.2 Å². The van der Waals surface area contributed by atoms with E-state index in [2.05, 4.69) is 10.1 Å². The summed E-state index contributed by atoms with van der Waals surface area (Å²) in [4.78, 5) is 25.9. The molecule has 1 saturated heterocycles. The van der Waals surface area contributed by atoms with Gasteiger partial charge in [-0.05, 0) is 42.3 Å². The number of ether oxygens (including phenoxy) is 1. The van der Waals surface area contributed by atoms with Gasteiger partial charge in [-0.2, -0.15) is 4.31 Å². The largest absolute Gasteiger partial charge is 0.573 e. The number of alkyl halides is 3. The van der Waals surface area contributed by atoms with Crippen molar-refractivity contribution in [2.45, 2.75) is 30.6 Å². The molecule has 0 aromatic heterocycles. The first-order valence-corrected chi connectivity index (χ1v) is 12.0. The summed E-state index contributed by atoms with van der Waals surface area (Å²) in [7, 11) is -4.29. The Morgan fingerprint density at radius 1 is 1.11 bits per heavy atom. The lowest BCUT2D eigenvalue weighted by atomic mass is 10.1. The lowest BCUT2D eigenvalue weighted by Crippen LogP contribution is -2.61. The van der Waals surface area contributed by atoms with Gasteiger partial charge in [-0.3, -0.25) is 9.59 Å². The van der Waals surface area contributed by atoms with Crippen molar-refractivity contribution in [1.29, 1.82) is 0 Å². The number of hydrogen-bond donors (Lipinski definition) is 2. The number of nitrogens with one attached hydrogen (secondary N) is 1. The lowest BCUT2D eigenvalue weighted by molar-refractivity contribution is -0.274. The second kappa shape index (κ2) is 10.5. The molecule has 0 spiro atoms. The molecule has 1 aliphatic heterocycles. The van der Waals surface area contributed by atoms with Gasteiger partial charge in [0.25, 0.3) is 0 Å². The predicted octanol–water partition coefficient (Wildman–Crippen LogP) is 1.87. The molecule has 0 radical (unpaired) electrons. The summed E-state index contributed by atoms with van der Waals surface area (Å²) in [6.07, 6.45) is -4.64. The molecule has 2 aromatic carbocycles. The fraction of sp³-hybridized carbons (Fsp3) is 0.364. The van der Waals surface area contributed by atoms with Gasteiger partial charge >= 0.3 is 6.36 Å². The molecule has 1 aliphatic rings. The van der Waals surface area contributed by atoms with Crippen LogP contribution >= 0.6 is 0 Å². The van der Waals surface area contributed by atoms with Gasteiger partial charge in [0.1, 0.15) is 17.5 Å². The Balaban J connectivity index is 1.78. The first-order chi connectivity index (χ1) is 16.4. The smallest absolute Gasteiger partial charge is 0.508 e. The maximum Gasteiger partial charge on any atom is 0.573 e. The first kappa shape index (κ1) is 26.3. The molecule has 2 amide bonds. The molecule has 0 bridgehead atoms. The minimum absolute atomic E-state index is 0.0471. The summed E-state index contributed by atoms with van der Waals surface area (Å²) in [5, 5.41) is 12.5. The van der Waals surface area contributed by atoms with Gasteiger partial charge < -0.3 is 20.1 Å². The molecule has 1 atom stereocenters. The summed E-state index contributed by atoms with van der Waals surface area (Å²) in [5.74, 6) is -1.50. The van der Waals surface area contributed by atoms with Crippen LogP contribution in [0, 0.1) is 0 Å². The highest BCUT2D eigenvalue weighted by atomic mass is 32.2. The lowest BCUT2D eigenvalue weighted by Gasteiger charge is -2.39. The van der Waals surface area contributed by atoms with E-state index in [0.717, 1.165) is 28.6 Å². The van der Waals surface area contributed by atoms with E-state index in [9.17, 15) is 36.3 Å². The maximum absolute atomic E-state index is 13.3. The third kappa shape index (κ3) is 6.63. The molecule has 1 fully saturated rings. The predicted molar refractivity (Wildman–Crippen MR) is 118 cm³/mol. The zero-order valence-electron chi connectivity index (χ0n) is 18.7. The van der Waals surface area contributed by atoms with Gasteiger partial charge in [0, 0.05) is 33.1 Å². The zero-order valence-corrected chi connectivity index (χ0v) is 19.5. The van der Waals surface area contributed by atoms with Gasteiger partial charge in [0.15, 0.2) is 0 Å². The van der Waals surface area contributed by atoms with E-state index < -0.39 is 34.1 Å². The van der Waals surface area contributed by atoms with E-state index in [1.165, 1.54) is 17.9 Å². The highest BCUT2D eigenvalue weighted by Crippen LogP contribution is 2.27. The summed E-state index contributed by atoms with van der Waals surface area (Å²) in [6.45, 7) is 1.08. The fourth-order valence-electron chi connectivity index (χ4n) is 3.66. The molecule has 0 aliphatic carbocycles. The minimum Gasteiger partial charge on any atom is -0.508 e. The molecule has 2 N–H and O–H groups in total. The third-order valence-corrected chi connectivity index (χ3v) is 7.35. The number of carbonyl (C=O) groups excluding carboxylic acids is 2. The Bertz CT molecular complexity index is 1170. The third-order valence-electron chi connectivity index (χ3n) is 5.43. The molecule has 190 valence electrons. The van der Waals surface area contributed by atoms with Crippen LogP contribution in [0.4, 0.5) is 13.2 Å². The number of aromatic hydroxyl groups is 1. The average molecular weight is 516 g/mol. The number of benzene rings is 2. The highest BCUT2D eigenvalue weighted by molar-refractivity contribution is 7.89. The van der Waals surface area contributed by atoms with Crippen molar-refractivity contribution < 1.29 is 41.0 Å². The van der Waals surface area contributed by atoms with Crippen molar-refractivity contribution in [2.24, 2.45) is 0 Å². The second-order valence-corrected chi connectivity index (χ2v) is 9.68. The number of para-hydroxylation sites is 1. The molecule has 9 nitrogen and oxygen atoms in total. The van der Waals surface area contributed by atoms with Crippen molar-refractivity contribution in [3.63, 3.8) is 0 Å². The summed E-state index contributed by atoms with van der Waals surface area (Å²) in [6, 6.07) is 8.96. The molecule has 35 heavy (non-hydrogen) atoms. The second-order valence-electron chi connectivity index (χ2n) is 7.79. The van der Waals surface area contributed by atoms with E-state index in [1.54, 1.807) is 18.2 Å². The topological polar surface area (TPSA) is 116 Å². The molecule has 0 saturated carbocycles. The van der Waals surface area contributed by atoms with Gasteiger partial charge in [-0.15, -0.1) is 13.2 Å². The van der Waals surface area contributed by atoms with Crippen molar-refractivity contribution in [3.8, 4) is 11.5 Å². The number of hydrogen-bond acceptors (Lipinski definition) is 6. The van der Waals surface area contributed by atoms with Crippen LogP contribution in [0.5, 0.6) is 11.5 Å². The van der Waals surface area contributed by atoms with Crippen LogP contribution in [-0.2, 0) is 26.0 Å². The number of phenolic OH excluding ortho intramolecular Hbond substituents is 1. The maximum atomic E-state index is 13.3. The molecular weight excluding hydrogens is 491 g/mol. The Kier molecular flexibility index (Phi) is 7.90. The molecule has 2 aromatic rings. The normalized spacial score (nSPS) is 17.1. The van der Waals surface area contributed by atoms with Crippen LogP contribution in [-0.4, -0.2) is 73.1 Å². The van der Waals surface area contributed by atoms with Gasteiger partial charge in [0.2, 0.25) is 21.8 Å². The SMILES string of the molecule is CC(=O)N1CCN(S(=O)(=O)c2ccc(OC(F)(F)F)cc2)[C@@H](C(=O)NCCc2ccccc2O)C1. The number of nitrogens with zero attached hydrogens (tertiary/aromatic N) is 2. The molecule has 0 unspecified atom stereocenters. The van der Waals surface area contributed by atoms with Gasteiger partial charge in [-0.25, -0.2) is 8.42 Å². The monoisotopic (exact) mass is 515 g/mol. The molecule has 13 heteroatoms. The van der Waals surface area contributed by atoms with Crippen molar-refractivity contribution in [3.05, 3.63) is 54.1 Å². The number of phenols is 1. The summed E-state index contributed by atoms with van der Waals surface area (Å²) in [5.41, 5.74) is 0.590. The van der Waals surface area contributed by atoms with Crippen LogP contribution in [0.2, 0.25) is 0 Å². The first-order valence-electron chi connectivity index (χ1n) is 10.6. The van der Waals surface area contributed by atoms with E-state index in [-0.39, 0.29) is 49.2 Å².